The molecule has 1 N–H and O–H groups in total. The average Bonchev–Trinajstić information content (AvgIpc) is 2.94. The maximum Gasteiger partial charge on any atom is 0.163 e. The van der Waals surface area contributed by atoms with Crippen LogP contribution >= 0.6 is 0 Å². The Balaban J connectivity index is 2.88. The lowest BCUT2D eigenvalue weighted by atomic mass is 9.89. The summed E-state index contributed by atoms with van der Waals surface area (Å²) in [7, 11) is -3.29. The van der Waals surface area contributed by atoms with E-state index in [1.165, 1.54) is 0 Å². The third-order valence-electron chi connectivity index (χ3n) is 4.12. The summed E-state index contributed by atoms with van der Waals surface area (Å²) in [6.45, 7) is 11.3. The Hall–Kier alpha value is -0.130. The van der Waals surface area contributed by atoms with E-state index < -0.39 is 25.4 Å². The van der Waals surface area contributed by atoms with Crippen molar-refractivity contribution in [2.45, 2.75) is 70.0 Å². The molecule has 4 nitrogen and oxygen atoms in total. The van der Waals surface area contributed by atoms with E-state index in [4.69, 9.17) is 4.74 Å². The van der Waals surface area contributed by atoms with Crippen molar-refractivity contribution in [3.05, 3.63) is 0 Å². The number of hydrogen-bond donors (Lipinski definition) is 1. The molecule has 0 aromatic carbocycles. The van der Waals surface area contributed by atoms with Crippen molar-refractivity contribution in [3.8, 4) is 0 Å². The molecule has 0 amide bonds. The Morgan fingerprint density at radius 2 is 1.68 bits per heavy atom. The summed E-state index contributed by atoms with van der Waals surface area (Å²) >= 11 is 0. The van der Waals surface area contributed by atoms with Crippen LogP contribution in [0.1, 0.15) is 54.4 Å². The lowest BCUT2D eigenvalue weighted by Crippen LogP contribution is -2.50. The molecule has 0 radical (unpaired) electrons. The summed E-state index contributed by atoms with van der Waals surface area (Å²) in [5.41, 5.74) is -0.257. The Morgan fingerprint density at radius 1 is 1.21 bits per heavy atom. The van der Waals surface area contributed by atoms with Gasteiger partial charge in [-0.1, -0.05) is 20.8 Å². The van der Waals surface area contributed by atoms with Crippen molar-refractivity contribution >= 4 is 9.84 Å². The Kier molecular flexibility index (Phi) is 4.46. The third kappa shape index (κ3) is 2.98. The zero-order valence-corrected chi connectivity index (χ0v) is 13.8. The van der Waals surface area contributed by atoms with Gasteiger partial charge in [0.25, 0.3) is 0 Å². The highest BCUT2D eigenvalue weighted by Crippen LogP contribution is 2.58. The minimum Gasteiger partial charge on any atom is -0.391 e. The van der Waals surface area contributed by atoms with Gasteiger partial charge in [0, 0.05) is 0 Å². The predicted octanol–water partition coefficient (Wildman–Crippen LogP) is 2.16. The van der Waals surface area contributed by atoms with Crippen molar-refractivity contribution in [3.63, 3.8) is 0 Å². The second kappa shape index (κ2) is 5.01. The van der Waals surface area contributed by atoms with Crippen LogP contribution in [0.25, 0.3) is 0 Å². The quantitative estimate of drug-likeness (QED) is 0.815. The molecule has 0 aromatic heterocycles. The van der Waals surface area contributed by atoms with Crippen LogP contribution in [0.3, 0.4) is 0 Å². The fraction of sp³-hybridized carbons (Fsp3) is 1.00. The van der Waals surface area contributed by atoms with Crippen molar-refractivity contribution in [2.24, 2.45) is 5.41 Å². The predicted molar refractivity (Wildman–Crippen MR) is 76.9 cm³/mol. The molecule has 114 valence electrons. The molecule has 1 fully saturated rings. The van der Waals surface area contributed by atoms with Gasteiger partial charge in [-0.25, -0.2) is 8.42 Å². The maximum atomic E-state index is 12.9. The van der Waals surface area contributed by atoms with Gasteiger partial charge in [-0.2, -0.15) is 0 Å². The van der Waals surface area contributed by atoms with Crippen molar-refractivity contribution in [1.29, 1.82) is 0 Å². The largest absolute Gasteiger partial charge is 0.391 e. The summed E-state index contributed by atoms with van der Waals surface area (Å²) in [4.78, 5) is 0. The number of ether oxygens (including phenoxy) is 1. The first-order valence-electron chi connectivity index (χ1n) is 6.87. The standard InChI is InChI=1S/C14H28O4S/c1-11(15)9-18-10-13(5,6)19(16,17)14(7-8-14)12(2,3)4/h11,15H,7-10H2,1-6H3. The van der Waals surface area contributed by atoms with Gasteiger partial charge >= 0.3 is 0 Å². The van der Waals surface area contributed by atoms with E-state index in [-0.39, 0.29) is 18.6 Å². The minimum atomic E-state index is -3.29. The maximum absolute atomic E-state index is 12.9. The first-order chi connectivity index (χ1) is 8.37. The van der Waals surface area contributed by atoms with Crippen LogP contribution in [0.15, 0.2) is 0 Å². The van der Waals surface area contributed by atoms with Gasteiger partial charge in [0.1, 0.15) is 0 Å². The van der Waals surface area contributed by atoms with E-state index in [0.717, 1.165) is 12.8 Å². The minimum absolute atomic E-state index is 0.123. The molecule has 1 rings (SSSR count). The fourth-order valence-electron chi connectivity index (χ4n) is 2.62. The molecule has 0 aromatic rings. The lowest BCUT2D eigenvalue weighted by Gasteiger charge is -2.37. The van der Waals surface area contributed by atoms with Crippen molar-refractivity contribution in [1.82, 2.24) is 0 Å². The number of hydrogen-bond acceptors (Lipinski definition) is 4. The normalized spacial score (nSPS) is 21.2. The molecule has 1 unspecified atom stereocenters. The fourth-order valence-corrected chi connectivity index (χ4v) is 5.36. The van der Waals surface area contributed by atoms with E-state index in [9.17, 15) is 13.5 Å². The summed E-state index contributed by atoms with van der Waals surface area (Å²) in [6, 6.07) is 0. The van der Waals surface area contributed by atoms with E-state index >= 15 is 0 Å². The summed E-state index contributed by atoms with van der Waals surface area (Å²) in [5.74, 6) is 0. The van der Waals surface area contributed by atoms with Crippen molar-refractivity contribution < 1.29 is 18.3 Å². The highest BCUT2D eigenvalue weighted by molar-refractivity contribution is 7.94. The molecule has 5 heteroatoms. The average molecular weight is 292 g/mol. The molecule has 1 atom stereocenters. The van der Waals surface area contributed by atoms with Gasteiger partial charge in [0.05, 0.1) is 28.8 Å². The Labute approximate surface area is 117 Å². The molecular weight excluding hydrogens is 264 g/mol. The van der Waals surface area contributed by atoms with Gasteiger partial charge in [0.15, 0.2) is 9.84 Å². The highest BCUT2D eigenvalue weighted by atomic mass is 32.2. The summed E-state index contributed by atoms with van der Waals surface area (Å²) < 4.78 is 29.6. The van der Waals surface area contributed by atoms with Crippen LogP contribution in [0.4, 0.5) is 0 Å². The summed E-state index contributed by atoms with van der Waals surface area (Å²) in [5, 5.41) is 9.18. The van der Waals surface area contributed by atoms with E-state index in [1.54, 1.807) is 20.8 Å². The molecular formula is C14H28O4S. The molecule has 0 heterocycles. The third-order valence-corrected chi connectivity index (χ3v) is 7.74. The zero-order chi connectivity index (χ0) is 15.1. The van der Waals surface area contributed by atoms with Crippen LogP contribution in [0.5, 0.6) is 0 Å². The molecule has 1 aliphatic rings. The number of aliphatic hydroxyl groups is 1. The second-order valence-electron chi connectivity index (χ2n) is 7.37. The molecule has 1 saturated carbocycles. The van der Waals surface area contributed by atoms with E-state index in [2.05, 4.69) is 0 Å². The van der Waals surface area contributed by atoms with Crippen LogP contribution in [-0.4, -0.2) is 42.3 Å². The Bertz CT molecular complexity index is 411. The van der Waals surface area contributed by atoms with Crippen molar-refractivity contribution in [2.75, 3.05) is 13.2 Å². The number of rotatable bonds is 6. The van der Waals surface area contributed by atoms with Crippen LogP contribution in [0.2, 0.25) is 0 Å². The number of aliphatic hydroxyl groups excluding tert-OH is 1. The zero-order valence-electron chi connectivity index (χ0n) is 13.0. The number of sulfone groups is 1. The van der Waals surface area contributed by atoms with E-state index in [1.807, 2.05) is 20.8 Å². The van der Waals surface area contributed by atoms with Gasteiger partial charge in [-0.3, -0.25) is 0 Å². The van der Waals surface area contributed by atoms with Gasteiger partial charge in [0.2, 0.25) is 0 Å². The highest BCUT2D eigenvalue weighted by Gasteiger charge is 2.65. The SMILES string of the molecule is CC(O)COCC(C)(C)S(=O)(=O)C1(C(C)(C)C)CC1. The molecule has 1 aliphatic carbocycles. The second-order valence-corrected chi connectivity index (χ2v) is 10.3. The molecule has 0 bridgehead atoms. The first kappa shape index (κ1) is 16.9. The smallest absolute Gasteiger partial charge is 0.163 e. The van der Waals surface area contributed by atoms with Gasteiger partial charge in [-0.15, -0.1) is 0 Å². The van der Waals surface area contributed by atoms with E-state index in [0.29, 0.717) is 0 Å². The molecule has 0 saturated heterocycles. The topological polar surface area (TPSA) is 63.6 Å². The van der Waals surface area contributed by atoms with Crippen LogP contribution < -0.4 is 0 Å². The molecule has 0 spiro atoms. The monoisotopic (exact) mass is 292 g/mol. The first-order valence-corrected chi connectivity index (χ1v) is 8.36. The Morgan fingerprint density at radius 3 is 2.00 bits per heavy atom. The summed E-state index contributed by atoms with van der Waals surface area (Å²) in [6.07, 6.45) is 0.896. The lowest BCUT2D eigenvalue weighted by molar-refractivity contribution is 0.0378. The van der Waals surface area contributed by atoms with Gasteiger partial charge < -0.3 is 9.84 Å². The van der Waals surface area contributed by atoms with Crippen LogP contribution in [0, 0.1) is 5.41 Å². The van der Waals surface area contributed by atoms with Gasteiger partial charge in [-0.05, 0) is 39.0 Å². The van der Waals surface area contributed by atoms with Crippen LogP contribution in [-0.2, 0) is 14.6 Å². The molecule has 19 heavy (non-hydrogen) atoms. The molecule has 0 aliphatic heterocycles.